The Hall–Kier alpha value is -3.19. The van der Waals surface area contributed by atoms with Crippen LogP contribution in [0, 0.1) is 6.92 Å². The van der Waals surface area contributed by atoms with Gasteiger partial charge in [0.2, 0.25) is 5.91 Å². The Bertz CT molecular complexity index is 993. The zero-order valence-electron chi connectivity index (χ0n) is 18.8. The number of carbonyl (C=O) groups excluding carboxylic acids is 3. The molecule has 0 saturated carbocycles. The lowest BCUT2D eigenvalue weighted by Gasteiger charge is -2.36. The van der Waals surface area contributed by atoms with E-state index in [1.54, 1.807) is 24.3 Å². The molecule has 0 aliphatic carbocycles. The molecular formula is C25H30N4O3. The van der Waals surface area contributed by atoms with Gasteiger partial charge in [0.05, 0.1) is 11.1 Å². The number of nitrogens with zero attached hydrogens (tertiary/aromatic N) is 3. The van der Waals surface area contributed by atoms with E-state index in [1.807, 2.05) is 12.1 Å². The van der Waals surface area contributed by atoms with Crippen molar-refractivity contribution in [3.8, 4) is 0 Å². The first-order valence-electron chi connectivity index (χ1n) is 11.3. The average Bonchev–Trinajstić information content (AvgIpc) is 3.04. The summed E-state index contributed by atoms with van der Waals surface area (Å²) in [5.74, 6) is -0.681. The number of fused-ring (bicyclic) bond motifs is 1. The van der Waals surface area contributed by atoms with Crippen LogP contribution in [0.25, 0.3) is 0 Å². The second kappa shape index (κ2) is 9.53. The van der Waals surface area contributed by atoms with E-state index in [4.69, 9.17) is 0 Å². The van der Waals surface area contributed by atoms with Crippen LogP contribution in [0.3, 0.4) is 0 Å². The van der Waals surface area contributed by atoms with Crippen LogP contribution in [-0.2, 0) is 4.79 Å². The predicted molar refractivity (Wildman–Crippen MR) is 125 cm³/mol. The quantitative estimate of drug-likeness (QED) is 0.678. The molecule has 2 aliphatic heterocycles. The topological polar surface area (TPSA) is 73.0 Å². The van der Waals surface area contributed by atoms with Crippen molar-refractivity contribution in [1.82, 2.24) is 9.80 Å². The number of piperazine rings is 1. The highest BCUT2D eigenvalue weighted by molar-refractivity contribution is 6.21. The van der Waals surface area contributed by atoms with Crippen LogP contribution in [0.15, 0.2) is 42.5 Å². The smallest absolute Gasteiger partial charge is 0.261 e. The highest BCUT2D eigenvalue weighted by Crippen LogP contribution is 2.25. The van der Waals surface area contributed by atoms with Gasteiger partial charge in [0.25, 0.3) is 11.8 Å². The van der Waals surface area contributed by atoms with E-state index < -0.39 is 0 Å². The Labute approximate surface area is 189 Å². The maximum Gasteiger partial charge on any atom is 0.261 e. The monoisotopic (exact) mass is 434 g/mol. The van der Waals surface area contributed by atoms with Crippen molar-refractivity contribution in [2.24, 2.45) is 0 Å². The van der Waals surface area contributed by atoms with Gasteiger partial charge in [-0.25, -0.2) is 0 Å². The van der Waals surface area contributed by atoms with E-state index in [1.165, 1.54) is 10.6 Å². The number of imide groups is 1. The van der Waals surface area contributed by atoms with Gasteiger partial charge in [-0.3, -0.25) is 19.3 Å². The largest absolute Gasteiger partial charge is 0.369 e. The minimum Gasteiger partial charge on any atom is -0.369 e. The number of likely N-dealkylation sites (N-methyl/N-ethyl adjacent to an activating group) is 1. The fourth-order valence-corrected chi connectivity index (χ4v) is 4.46. The number of benzene rings is 2. The molecule has 7 nitrogen and oxygen atoms in total. The maximum absolute atomic E-state index is 12.4. The van der Waals surface area contributed by atoms with Gasteiger partial charge in [0, 0.05) is 50.5 Å². The van der Waals surface area contributed by atoms with Crippen molar-refractivity contribution in [2.75, 3.05) is 49.5 Å². The molecule has 4 rings (SSSR count). The Balaban J connectivity index is 1.27. The molecule has 1 N–H and O–H groups in total. The minimum atomic E-state index is -0.281. The summed E-state index contributed by atoms with van der Waals surface area (Å²) in [5, 5.41) is 2.94. The number of anilines is 2. The fraction of sp³-hybridized carbons (Fsp3) is 0.400. The molecule has 2 aliphatic rings. The SMILES string of the molecule is CCN1CCN(c2ccc(NC(=O)CCCN3C(=O)c4ccccc4C3=O)cc2C)CC1. The highest BCUT2D eigenvalue weighted by atomic mass is 16.2. The van der Waals surface area contributed by atoms with Crippen molar-refractivity contribution in [2.45, 2.75) is 26.7 Å². The second-order valence-corrected chi connectivity index (χ2v) is 8.38. The molecule has 0 aromatic heterocycles. The molecule has 1 saturated heterocycles. The third-order valence-corrected chi connectivity index (χ3v) is 6.30. The first kappa shape index (κ1) is 22.0. The molecule has 3 amide bonds. The van der Waals surface area contributed by atoms with Crippen molar-refractivity contribution in [3.63, 3.8) is 0 Å². The number of amides is 3. The van der Waals surface area contributed by atoms with Crippen LogP contribution in [-0.4, -0.2) is 66.8 Å². The van der Waals surface area contributed by atoms with Gasteiger partial charge >= 0.3 is 0 Å². The van der Waals surface area contributed by atoms with Gasteiger partial charge in [-0.1, -0.05) is 19.1 Å². The van der Waals surface area contributed by atoms with Gasteiger partial charge in [0.1, 0.15) is 0 Å². The van der Waals surface area contributed by atoms with Crippen LogP contribution in [0.2, 0.25) is 0 Å². The number of hydrogen-bond acceptors (Lipinski definition) is 5. The third kappa shape index (κ3) is 4.53. The maximum atomic E-state index is 12.4. The normalized spacial score (nSPS) is 16.4. The molecule has 2 heterocycles. The van der Waals surface area contributed by atoms with Gasteiger partial charge in [-0.2, -0.15) is 0 Å². The van der Waals surface area contributed by atoms with E-state index in [-0.39, 0.29) is 30.7 Å². The second-order valence-electron chi connectivity index (χ2n) is 8.38. The van der Waals surface area contributed by atoms with Crippen molar-refractivity contribution >= 4 is 29.1 Å². The average molecular weight is 435 g/mol. The summed E-state index contributed by atoms with van der Waals surface area (Å²) in [6.07, 6.45) is 0.670. The molecule has 0 bridgehead atoms. The lowest BCUT2D eigenvalue weighted by Crippen LogP contribution is -2.46. The number of carbonyl (C=O) groups is 3. The van der Waals surface area contributed by atoms with E-state index >= 15 is 0 Å². The van der Waals surface area contributed by atoms with E-state index in [0.29, 0.717) is 17.5 Å². The van der Waals surface area contributed by atoms with Crippen LogP contribution in [0.5, 0.6) is 0 Å². The Morgan fingerprint density at radius 2 is 1.62 bits per heavy atom. The van der Waals surface area contributed by atoms with Gasteiger partial charge < -0.3 is 15.1 Å². The zero-order valence-corrected chi connectivity index (χ0v) is 18.8. The summed E-state index contributed by atoms with van der Waals surface area (Å²) in [4.78, 5) is 43.3. The summed E-state index contributed by atoms with van der Waals surface area (Å²) >= 11 is 0. The van der Waals surface area contributed by atoms with Crippen molar-refractivity contribution < 1.29 is 14.4 Å². The molecule has 0 radical (unpaired) electrons. The molecule has 0 spiro atoms. The van der Waals surface area contributed by atoms with Crippen LogP contribution in [0.1, 0.15) is 46.0 Å². The third-order valence-electron chi connectivity index (χ3n) is 6.30. The Kier molecular flexibility index (Phi) is 6.55. The number of hydrogen-bond donors (Lipinski definition) is 1. The zero-order chi connectivity index (χ0) is 22.7. The number of rotatable bonds is 7. The lowest BCUT2D eigenvalue weighted by atomic mass is 10.1. The van der Waals surface area contributed by atoms with E-state index in [0.717, 1.165) is 44.0 Å². The molecular weight excluding hydrogens is 404 g/mol. The summed E-state index contributed by atoms with van der Waals surface area (Å²) in [5.41, 5.74) is 3.99. The van der Waals surface area contributed by atoms with Crippen molar-refractivity contribution in [3.05, 3.63) is 59.2 Å². The van der Waals surface area contributed by atoms with Crippen LogP contribution >= 0.6 is 0 Å². The van der Waals surface area contributed by atoms with Crippen LogP contribution < -0.4 is 10.2 Å². The molecule has 0 unspecified atom stereocenters. The molecule has 168 valence electrons. The molecule has 1 fully saturated rings. The molecule has 0 atom stereocenters. The lowest BCUT2D eigenvalue weighted by molar-refractivity contribution is -0.116. The van der Waals surface area contributed by atoms with Gasteiger partial charge in [-0.15, -0.1) is 0 Å². The standard InChI is InChI=1S/C25H30N4O3/c1-3-27-13-15-28(16-14-27)22-11-10-19(17-18(22)2)26-23(30)9-6-12-29-24(31)20-7-4-5-8-21(20)25(29)32/h4-5,7-8,10-11,17H,3,6,9,12-16H2,1-2H3,(H,26,30). The molecule has 32 heavy (non-hydrogen) atoms. The van der Waals surface area contributed by atoms with Gasteiger partial charge in [0.15, 0.2) is 0 Å². The molecule has 2 aromatic carbocycles. The summed E-state index contributed by atoms with van der Waals surface area (Å²) < 4.78 is 0. The van der Waals surface area contributed by atoms with Crippen LogP contribution in [0.4, 0.5) is 11.4 Å². The van der Waals surface area contributed by atoms with E-state index in [2.05, 4.69) is 35.0 Å². The Morgan fingerprint density at radius 3 is 2.22 bits per heavy atom. The number of nitrogens with one attached hydrogen (secondary N) is 1. The van der Waals surface area contributed by atoms with Gasteiger partial charge in [-0.05, 0) is 55.8 Å². The fourth-order valence-electron chi connectivity index (χ4n) is 4.46. The predicted octanol–water partition coefficient (Wildman–Crippen LogP) is 3.15. The first-order valence-corrected chi connectivity index (χ1v) is 11.3. The number of aryl methyl sites for hydroxylation is 1. The Morgan fingerprint density at radius 1 is 0.969 bits per heavy atom. The minimum absolute atomic E-state index is 0.120. The first-order chi connectivity index (χ1) is 15.5. The van der Waals surface area contributed by atoms with Crippen molar-refractivity contribution in [1.29, 1.82) is 0 Å². The summed E-state index contributed by atoms with van der Waals surface area (Å²) in [6.45, 7) is 9.75. The summed E-state index contributed by atoms with van der Waals surface area (Å²) in [7, 11) is 0. The highest BCUT2D eigenvalue weighted by Gasteiger charge is 2.34. The summed E-state index contributed by atoms with van der Waals surface area (Å²) in [6, 6.07) is 12.8. The molecule has 2 aromatic rings. The molecule has 7 heteroatoms. The van der Waals surface area contributed by atoms with E-state index in [9.17, 15) is 14.4 Å².